The minimum atomic E-state index is 0.645. The fourth-order valence-corrected chi connectivity index (χ4v) is 3.82. The first kappa shape index (κ1) is 22.6. The summed E-state index contributed by atoms with van der Waals surface area (Å²) in [5.41, 5.74) is 3.71. The Morgan fingerprint density at radius 3 is 2.69 bits per heavy atom. The fraction of sp³-hybridized carbons (Fsp3) is 0.500. The van der Waals surface area contributed by atoms with Crippen LogP contribution in [-0.4, -0.2) is 50.3 Å². The molecule has 1 saturated carbocycles. The second kappa shape index (κ2) is 11.9. The largest absolute Gasteiger partial charge is 0.493 e. The zero-order chi connectivity index (χ0) is 22.0. The third-order valence-electron chi connectivity index (χ3n) is 5.86. The normalized spacial score (nSPS) is 17.2. The van der Waals surface area contributed by atoms with Crippen LogP contribution in [0.3, 0.4) is 0 Å². The van der Waals surface area contributed by atoms with Gasteiger partial charge in [-0.25, -0.2) is 4.99 Å². The van der Waals surface area contributed by atoms with Crippen LogP contribution < -0.4 is 15.4 Å². The van der Waals surface area contributed by atoms with Gasteiger partial charge in [-0.2, -0.15) is 0 Å². The number of hydrogen-bond donors (Lipinski definition) is 2. The first-order valence-electron chi connectivity index (χ1n) is 11.9. The molecule has 0 aromatic heterocycles. The number of ether oxygens (including phenoxy) is 2. The Balaban J connectivity index is 1.33. The van der Waals surface area contributed by atoms with E-state index in [0.29, 0.717) is 13.1 Å². The van der Waals surface area contributed by atoms with Crippen molar-refractivity contribution in [2.75, 3.05) is 39.5 Å². The lowest BCUT2D eigenvalue weighted by Gasteiger charge is -2.26. The van der Waals surface area contributed by atoms with E-state index >= 15 is 0 Å². The number of benzene rings is 2. The molecular formula is C26H36N4O2. The first-order valence-corrected chi connectivity index (χ1v) is 11.9. The quantitative estimate of drug-likeness (QED) is 0.441. The maximum Gasteiger partial charge on any atom is 0.191 e. The van der Waals surface area contributed by atoms with E-state index in [1.165, 1.54) is 24.0 Å². The SMILES string of the molecule is CCNC(=NCc1cccc(CN2CCOCC2)c1)NCc1ccccc1OCC1CC1. The molecule has 0 bridgehead atoms. The van der Waals surface area contributed by atoms with Gasteiger partial charge in [0.05, 0.1) is 26.4 Å². The van der Waals surface area contributed by atoms with Gasteiger partial charge in [0.1, 0.15) is 5.75 Å². The highest BCUT2D eigenvalue weighted by Crippen LogP contribution is 2.30. The van der Waals surface area contributed by atoms with E-state index in [-0.39, 0.29) is 0 Å². The highest BCUT2D eigenvalue weighted by atomic mass is 16.5. The number of nitrogens with zero attached hydrogens (tertiary/aromatic N) is 2. The zero-order valence-electron chi connectivity index (χ0n) is 19.2. The maximum atomic E-state index is 6.05. The predicted octanol–water partition coefficient (Wildman–Crippen LogP) is 3.56. The van der Waals surface area contributed by atoms with Gasteiger partial charge in [0, 0.05) is 38.3 Å². The molecule has 6 nitrogen and oxygen atoms in total. The average molecular weight is 437 g/mol. The van der Waals surface area contributed by atoms with Crippen LogP contribution in [0, 0.1) is 5.92 Å². The Bertz CT molecular complexity index is 876. The minimum Gasteiger partial charge on any atom is -0.493 e. The summed E-state index contributed by atoms with van der Waals surface area (Å²) in [6.07, 6.45) is 2.59. The molecule has 2 N–H and O–H groups in total. The topological polar surface area (TPSA) is 58.1 Å². The van der Waals surface area contributed by atoms with Crippen LogP contribution in [0.5, 0.6) is 5.75 Å². The Morgan fingerprint density at radius 2 is 1.88 bits per heavy atom. The Kier molecular flexibility index (Phi) is 8.40. The lowest BCUT2D eigenvalue weighted by atomic mass is 10.1. The fourth-order valence-electron chi connectivity index (χ4n) is 3.82. The van der Waals surface area contributed by atoms with Gasteiger partial charge in [-0.1, -0.05) is 42.5 Å². The molecule has 32 heavy (non-hydrogen) atoms. The molecule has 0 spiro atoms. The van der Waals surface area contributed by atoms with Gasteiger partial charge in [0.25, 0.3) is 0 Å². The second-order valence-corrected chi connectivity index (χ2v) is 8.62. The molecule has 0 amide bonds. The summed E-state index contributed by atoms with van der Waals surface area (Å²) in [6, 6.07) is 17.0. The minimum absolute atomic E-state index is 0.645. The van der Waals surface area contributed by atoms with E-state index in [2.05, 4.69) is 64.9 Å². The van der Waals surface area contributed by atoms with Crippen molar-refractivity contribution in [3.8, 4) is 5.75 Å². The van der Waals surface area contributed by atoms with Crippen LogP contribution in [0.15, 0.2) is 53.5 Å². The molecule has 2 aliphatic rings. The molecule has 0 unspecified atom stereocenters. The lowest BCUT2D eigenvalue weighted by Crippen LogP contribution is -2.36. The molecule has 172 valence electrons. The number of nitrogens with one attached hydrogen (secondary N) is 2. The standard InChI is InChI=1S/C26H36N4O2/c1-2-27-26(29-18-24-8-3-4-9-25(24)32-20-21-10-11-21)28-17-22-6-5-7-23(16-22)19-30-12-14-31-15-13-30/h3-9,16,21H,2,10-15,17-20H2,1H3,(H2,27,28,29). The van der Waals surface area contributed by atoms with Crippen molar-refractivity contribution in [2.45, 2.75) is 39.4 Å². The van der Waals surface area contributed by atoms with E-state index in [4.69, 9.17) is 14.5 Å². The molecule has 2 aromatic carbocycles. The zero-order valence-corrected chi connectivity index (χ0v) is 19.2. The highest BCUT2D eigenvalue weighted by molar-refractivity contribution is 5.79. The smallest absolute Gasteiger partial charge is 0.191 e. The van der Waals surface area contributed by atoms with Crippen LogP contribution >= 0.6 is 0 Å². The maximum absolute atomic E-state index is 6.05. The van der Waals surface area contributed by atoms with Gasteiger partial charge in [-0.05, 0) is 42.9 Å². The van der Waals surface area contributed by atoms with Gasteiger partial charge in [-0.15, -0.1) is 0 Å². The van der Waals surface area contributed by atoms with Gasteiger partial charge >= 0.3 is 0 Å². The number of guanidine groups is 1. The van der Waals surface area contributed by atoms with E-state index in [1.807, 2.05) is 6.07 Å². The second-order valence-electron chi connectivity index (χ2n) is 8.62. The molecule has 2 aromatic rings. The van der Waals surface area contributed by atoms with Gasteiger partial charge in [-0.3, -0.25) is 4.90 Å². The number of para-hydroxylation sites is 1. The Hall–Kier alpha value is -2.57. The summed E-state index contributed by atoms with van der Waals surface area (Å²) in [4.78, 5) is 7.27. The third kappa shape index (κ3) is 7.24. The molecule has 1 saturated heterocycles. The van der Waals surface area contributed by atoms with Crippen LogP contribution in [-0.2, 0) is 24.4 Å². The number of aliphatic imine (C=N–C) groups is 1. The van der Waals surface area contributed by atoms with Crippen molar-refractivity contribution < 1.29 is 9.47 Å². The van der Waals surface area contributed by atoms with Crippen molar-refractivity contribution in [2.24, 2.45) is 10.9 Å². The van der Waals surface area contributed by atoms with E-state index in [0.717, 1.165) is 69.2 Å². The summed E-state index contributed by atoms with van der Waals surface area (Å²) in [5, 5.41) is 6.83. The molecular weight excluding hydrogens is 400 g/mol. The molecule has 2 fully saturated rings. The van der Waals surface area contributed by atoms with Crippen molar-refractivity contribution in [3.63, 3.8) is 0 Å². The van der Waals surface area contributed by atoms with Crippen molar-refractivity contribution in [1.29, 1.82) is 0 Å². The van der Waals surface area contributed by atoms with Gasteiger partial charge < -0.3 is 20.1 Å². The highest BCUT2D eigenvalue weighted by Gasteiger charge is 2.22. The summed E-state index contributed by atoms with van der Waals surface area (Å²) in [6.45, 7) is 9.70. The number of morpholine rings is 1. The van der Waals surface area contributed by atoms with Crippen LogP contribution in [0.25, 0.3) is 0 Å². The Morgan fingerprint density at radius 1 is 1.06 bits per heavy atom. The average Bonchev–Trinajstić information content (AvgIpc) is 3.66. The summed E-state index contributed by atoms with van der Waals surface area (Å²) < 4.78 is 11.5. The van der Waals surface area contributed by atoms with Crippen molar-refractivity contribution in [1.82, 2.24) is 15.5 Å². The van der Waals surface area contributed by atoms with E-state index in [1.54, 1.807) is 0 Å². The van der Waals surface area contributed by atoms with Gasteiger partial charge in [0.15, 0.2) is 5.96 Å². The summed E-state index contributed by atoms with van der Waals surface area (Å²) >= 11 is 0. The molecule has 1 aliphatic carbocycles. The predicted molar refractivity (Wildman–Crippen MR) is 129 cm³/mol. The number of hydrogen-bond acceptors (Lipinski definition) is 4. The van der Waals surface area contributed by atoms with E-state index in [9.17, 15) is 0 Å². The number of rotatable bonds is 10. The van der Waals surface area contributed by atoms with Crippen LogP contribution in [0.1, 0.15) is 36.5 Å². The monoisotopic (exact) mass is 436 g/mol. The Labute approximate surface area is 192 Å². The van der Waals surface area contributed by atoms with Gasteiger partial charge in [0.2, 0.25) is 0 Å². The summed E-state index contributed by atoms with van der Waals surface area (Å²) in [5.74, 6) is 2.54. The summed E-state index contributed by atoms with van der Waals surface area (Å²) in [7, 11) is 0. The lowest BCUT2D eigenvalue weighted by molar-refractivity contribution is 0.0342. The molecule has 6 heteroatoms. The molecule has 1 aliphatic heterocycles. The van der Waals surface area contributed by atoms with E-state index < -0.39 is 0 Å². The van der Waals surface area contributed by atoms with Crippen LogP contribution in [0.4, 0.5) is 0 Å². The molecule has 0 radical (unpaired) electrons. The molecule has 1 heterocycles. The molecule has 4 rings (SSSR count). The van der Waals surface area contributed by atoms with Crippen molar-refractivity contribution >= 4 is 5.96 Å². The first-order chi connectivity index (χ1) is 15.8. The third-order valence-corrected chi connectivity index (χ3v) is 5.86. The molecule has 0 atom stereocenters. The van der Waals surface area contributed by atoms with Crippen LogP contribution in [0.2, 0.25) is 0 Å². The van der Waals surface area contributed by atoms with Crippen molar-refractivity contribution in [3.05, 3.63) is 65.2 Å².